The van der Waals surface area contributed by atoms with E-state index < -0.39 is 0 Å². The summed E-state index contributed by atoms with van der Waals surface area (Å²) in [5.74, 6) is 1.29. The van der Waals surface area contributed by atoms with Crippen LogP contribution in [-0.2, 0) is 27.5 Å². The van der Waals surface area contributed by atoms with Crippen molar-refractivity contribution in [3.05, 3.63) is 65.4 Å². The van der Waals surface area contributed by atoms with Gasteiger partial charge in [-0.3, -0.25) is 19.4 Å². The SMILES string of the molecule is COCc1nc(NC(=O)[C@H]2C[C@@H]2c2nccc(C)n2)cc(OCc2cn3cc(C4CC4)cc(N4CC(=O)N(C)C4=O)c3n2)n1. The molecule has 0 aromatic carbocycles. The highest BCUT2D eigenvalue weighted by Crippen LogP contribution is 2.46. The standard InChI is InChI=1S/C30H31N9O5/c1-16-6-7-31-27(32-16)20-9-21(20)29(41)36-23-10-25(35-24(34-23)15-43-3)44-14-19-12-38-11-18(17-4-5-17)8-22(28(38)33-19)39-13-26(40)37(2)30(39)42/h6-8,10-12,17,20-21H,4-5,9,13-15H2,1-3H3,(H,34,35,36,41)/t20-,21-/m0/s1. The molecule has 0 unspecified atom stereocenters. The summed E-state index contributed by atoms with van der Waals surface area (Å²) in [5, 5.41) is 2.88. The van der Waals surface area contributed by atoms with E-state index in [-0.39, 0.29) is 55.3 Å². The van der Waals surface area contributed by atoms with Gasteiger partial charge in [0, 0.05) is 56.3 Å². The summed E-state index contributed by atoms with van der Waals surface area (Å²) in [6.07, 6.45) is 8.40. The largest absolute Gasteiger partial charge is 0.471 e. The second kappa shape index (κ2) is 10.9. The van der Waals surface area contributed by atoms with Crippen molar-refractivity contribution >= 4 is 35.0 Å². The number of nitrogens with zero attached hydrogens (tertiary/aromatic N) is 8. The second-order valence-electron chi connectivity index (χ2n) is 11.4. The highest BCUT2D eigenvalue weighted by molar-refractivity contribution is 6.13. The fraction of sp³-hybridized carbons (Fsp3) is 0.400. The molecule has 1 saturated heterocycles. The number of likely N-dealkylation sites (N-methyl/N-ethyl adjacent to an activating group) is 1. The summed E-state index contributed by atoms with van der Waals surface area (Å²) in [6, 6.07) is 4.97. The summed E-state index contributed by atoms with van der Waals surface area (Å²) in [6.45, 7) is 2.06. The number of hydrogen-bond acceptors (Lipinski definition) is 10. The molecule has 44 heavy (non-hydrogen) atoms. The van der Waals surface area contributed by atoms with Gasteiger partial charge in [0.1, 0.15) is 31.4 Å². The van der Waals surface area contributed by atoms with Crippen molar-refractivity contribution < 1.29 is 23.9 Å². The van der Waals surface area contributed by atoms with Crippen molar-refractivity contribution in [1.82, 2.24) is 34.2 Å². The molecule has 4 amide bonds. The molecule has 0 radical (unpaired) electrons. The molecule has 2 saturated carbocycles. The van der Waals surface area contributed by atoms with E-state index in [4.69, 9.17) is 14.5 Å². The molecule has 5 heterocycles. The third-order valence-corrected chi connectivity index (χ3v) is 8.04. The maximum absolute atomic E-state index is 13.0. The molecule has 4 aromatic rings. The lowest BCUT2D eigenvalue weighted by molar-refractivity contribution is -0.124. The van der Waals surface area contributed by atoms with Crippen LogP contribution in [0.5, 0.6) is 5.88 Å². The third-order valence-electron chi connectivity index (χ3n) is 8.04. The Kier molecular flexibility index (Phi) is 6.92. The lowest BCUT2D eigenvalue weighted by Gasteiger charge is -2.17. The highest BCUT2D eigenvalue weighted by atomic mass is 16.5. The molecule has 0 spiro atoms. The van der Waals surface area contributed by atoms with Gasteiger partial charge in [-0.15, -0.1) is 0 Å². The number of aryl methyl sites for hydroxylation is 1. The van der Waals surface area contributed by atoms with E-state index in [0.717, 1.165) is 29.0 Å². The van der Waals surface area contributed by atoms with E-state index in [1.165, 1.54) is 19.1 Å². The van der Waals surface area contributed by atoms with Crippen LogP contribution in [0, 0.1) is 12.8 Å². The van der Waals surface area contributed by atoms with Gasteiger partial charge in [0.2, 0.25) is 17.7 Å². The molecule has 0 bridgehead atoms. The number of methoxy groups -OCH3 is 1. The molecular formula is C30H31N9O5. The fourth-order valence-electron chi connectivity index (χ4n) is 5.43. The number of fused-ring (bicyclic) bond motifs is 1. The van der Waals surface area contributed by atoms with E-state index in [1.807, 2.05) is 35.9 Å². The quantitative estimate of drug-likeness (QED) is 0.270. The Morgan fingerprint density at radius 2 is 1.93 bits per heavy atom. The monoisotopic (exact) mass is 597 g/mol. The molecule has 4 aromatic heterocycles. The van der Waals surface area contributed by atoms with E-state index in [1.54, 1.807) is 12.3 Å². The van der Waals surface area contributed by atoms with Gasteiger partial charge in [-0.25, -0.2) is 24.7 Å². The second-order valence-corrected chi connectivity index (χ2v) is 11.4. The number of nitrogens with one attached hydrogen (secondary N) is 1. The van der Waals surface area contributed by atoms with Gasteiger partial charge in [-0.2, -0.15) is 4.98 Å². The Morgan fingerprint density at radius 1 is 1.09 bits per heavy atom. The number of imidazole rings is 1. The number of carbonyl (C=O) groups excluding carboxylic acids is 3. The molecule has 3 fully saturated rings. The predicted molar refractivity (Wildman–Crippen MR) is 156 cm³/mol. The molecule has 1 N–H and O–H groups in total. The topological polar surface area (TPSA) is 157 Å². The Balaban J connectivity index is 1.09. The van der Waals surface area contributed by atoms with Gasteiger partial charge < -0.3 is 19.2 Å². The van der Waals surface area contributed by atoms with Crippen LogP contribution >= 0.6 is 0 Å². The van der Waals surface area contributed by atoms with Crippen molar-refractivity contribution in [3.63, 3.8) is 0 Å². The number of carbonyl (C=O) groups is 3. The summed E-state index contributed by atoms with van der Waals surface area (Å²) < 4.78 is 13.1. The molecule has 1 aliphatic heterocycles. The van der Waals surface area contributed by atoms with E-state index in [0.29, 0.717) is 46.8 Å². The van der Waals surface area contributed by atoms with Crippen LogP contribution in [0.15, 0.2) is 36.8 Å². The number of aromatic nitrogens is 6. The molecular weight excluding hydrogens is 566 g/mol. The zero-order valence-corrected chi connectivity index (χ0v) is 24.6. The number of anilines is 2. The number of urea groups is 1. The van der Waals surface area contributed by atoms with Gasteiger partial charge in [0.25, 0.3) is 0 Å². The van der Waals surface area contributed by atoms with E-state index in [9.17, 15) is 14.4 Å². The summed E-state index contributed by atoms with van der Waals surface area (Å²) >= 11 is 0. The fourth-order valence-corrected chi connectivity index (χ4v) is 5.43. The molecule has 14 nitrogen and oxygen atoms in total. The maximum atomic E-state index is 13.0. The third kappa shape index (κ3) is 5.43. The molecule has 2 atom stereocenters. The molecule has 3 aliphatic rings. The Labute approximate surface area is 252 Å². The normalized spacial score (nSPS) is 19.6. The zero-order valence-electron chi connectivity index (χ0n) is 24.6. The first-order chi connectivity index (χ1) is 21.3. The van der Waals surface area contributed by atoms with Gasteiger partial charge in [-0.1, -0.05) is 0 Å². The van der Waals surface area contributed by atoms with Crippen molar-refractivity contribution in [2.24, 2.45) is 5.92 Å². The average molecular weight is 598 g/mol. The van der Waals surface area contributed by atoms with Crippen LogP contribution in [0.2, 0.25) is 0 Å². The van der Waals surface area contributed by atoms with Gasteiger partial charge in [0.15, 0.2) is 11.5 Å². The number of rotatable bonds is 10. The van der Waals surface area contributed by atoms with Crippen LogP contribution in [-0.4, -0.2) is 72.8 Å². The van der Waals surface area contributed by atoms with Crippen molar-refractivity contribution in [2.45, 2.75) is 51.2 Å². The van der Waals surface area contributed by atoms with Gasteiger partial charge in [0.05, 0.1) is 11.4 Å². The number of ether oxygens (including phenoxy) is 2. The maximum Gasteiger partial charge on any atom is 0.331 e. The Bertz CT molecular complexity index is 1800. The first-order valence-electron chi connectivity index (χ1n) is 14.5. The lowest BCUT2D eigenvalue weighted by atomic mass is 10.1. The van der Waals surface area contributed by atoms with Crippen molar-refractivity contribution in [3.8, 4) is 5.88 Å². The lowest BCUT2D eigenvalue weighted by Crippen LogP contribution is -2.30. The molecule has 14 heteroatoms. The number of hydrogen-bond donors (Lipinski definition) is 1. The van der Waals surface area contributed by atoms with Gasteiger partial charge >= 0.3 is 6.03 Å². The smallest absolute Gasteiger partial charge is 0.331 e. The zero-order chi connectivity index (χ0) is 30.5. The molecule has 226 valence electrons. The van der Waals surface area contributed by atoms with E-state index in [2.05, 4.69) is 25.3 Å². The first-order valence-corrected chi connectivity index (χ1v) is 14.5. The number of pyridine rings is 1. The minimum Gasteiger partial charge on any atom is -0.471 e. The molecule has 2 aliphatic carbocycles. The Morgan fingerprint density at radius 3 is 2.66 bits per heavy atom. The first kappa shape index (κ1) is 27.8. The minimum absolute atomic E-state index is 0.0272. The summed E-state index contributed by atoms with van der Waals surface area (Å²) in [7, 11) is 3.02. The Hall–Kier alpha value is -4.98. The van der Waals surface area contributed by atoms with Crippen LogP contribution in [0.25, 0.3) is 5.65 Å². The molecule has 7 rings (SSSR count). The van der Waals surface area contributed by atoms with Crippen LogP contribution in [0.1, 0.15) is 59.7 Å². The van der Waals surface area contributed by atoms with Crippen molar-refractivity contribution in [2.75, 3.05) is 30.9 Å². The number of imide groups is 1. The van der Waals surface area contributed by atoms with Crippen molar-refractivity contribution in [1.29, 1.82) is 0 Å². The van der Waals surface area contributed by atoms with Crippen LogP contribution < -0.4 is 15.0 Å². The summed E-state index contributed by atoms with van der Waals surface area (Å²) in [4.78, 5) is 63.1. The average Bonchev–Trinajstić information content (AvgIpc) is 3.93. The number of amides is 4. The van der Waals surface area contributed by atoms with Gasteiger partial charge in [-0.05, 0) is 49.8 Å². The van der Waals surface area contributed by atoms with Crippen LogP contribution in [0.4, 0.5) is 16.3 Å². The predicted octanol–water partition coefficient (Wildman–Crippen LogP) is 2.97. The minimum atomic E-state index is -0.379. The summed E-state index contributed by atoms with van der Waals surface area (Å²) in [5.41, 5.74) is 3.70. The highest BCUT2D eigenvalue weighted by Gasteiger charge is 2.46. The van der Waals surface area contributed by atoms with Crippen LogP contribution in [0.3, 0.4) is 0 Å². The van der Waals surface area contributed by atoms with E-state index >= 15 is 0 Å².